The Morgan fingerprint density at radius 1 is 1.03 bits per heavy atom. The molecule has 0 saturated heterocycles. The fourth-order valence-corrected chi connectivity index (χ4v) is 4.94. The van der Waals surface area contributed by atoms with Crippen LogP contribution in [-0.2, 0) is 0 Å². The monoisotopic (exact) mass is 559 g/mol. The van der Waals surface area contributed by atoms with E-state index in [-0.39, 0.29) is 11.0 Å². The summed E-state index contributed by atoms with van der Waals surface area (Å²) < 4.78 is 12.2. The molecule has 0 saturated carbocycles. The molecule has 0 radical (unpaired) electrons. The molecule has 5 aromatic rings. The van der Waals surface area contributed by atoms with E-state index in [9.17, 15) is 4.79 Å². The van der Waals surface area contributed by atoms with Crippen LogP contribution in [0.4, 0.5) is 5.69 Å². The lowest BCUT2D eigenvalue weighted by Crippen LogP contribution is -2.34. The summed E-state index contributed by atoms with van der Waals surface area (Å²) in [4.78, 5) is 17.7. The van der Waals surface area contributed by atoms with Crippen molar-refractivity contribution in [2.75, 3.05) is 12.4 Å². The molecule has 0 unspecified atom stereocenters. The van der Waals surface area contributed by atoms with Crippen molar-refractivity contribution >= 4 is 66.7 Å². The first-order valence-electron chi connectivity index (χ1n) is 11.2. The minimum atomic E-state index is -0.379. The van der Waals surface area contributed by atoms with Crippen LogP contribution in [0.3, 0.4) is 0 Å². The Labute approximate surface area is 221 Å². The number of hydrogen-bond donors (Lipinski definition) is 2. The van der Waals surface area contributed by atoms with E-state index in [0.717, 1.165) is 16.3 Å². The Balaban J connectivity index is 1.35. The van der Waals surface area contributed by atoms with Crippen LogP contribution < -0.4 is 15.4 Å². The highest BCUT2D eigenvalue weighted by atomic mass is 79.9. The molecule has 1 amide bonds. The van der Waals surface area contributed by atoms with E-state index in [1.807, 2.05) is 48.5 Å². The molecule has 0 fully saturated rings. The second kappa shape index (κ2) is 9.72. The van der Waals surface area contributed by atoms with E-state index in [1.54, 1.807) is 6.07 Å². The van der Waals surface area contributed by atoms with Gasteiger partial charge in [-0.1, -0.05) is 30.3 Å². The molecule has 0 atom stereocenters. The molecule has 0 spiro atoms. The number of benzene rings is 4. The third-order valence-corrected chi connectivity index (χ3v) is 7.01. The highest BCUT2D eigenvalue weighted by molar-refractivity contribution is 9.10. The molecule has 36 heavy (non-hydrogen) atoms. The van der Waals surface area contributed by atoms with Gasteiger partial charge in [0.2, 0.25) is 5.89 Å². The largest absolute Gasteiger partial charge is 0.495 e. The SMILES string of the molecule is COc1c(C(=O)NC(=S)Nc2ccc3oc(-c4ccc(C)c(C)c4)nc3c2)cc2ccccc2c1Br. The average molecular weight is 560 g/mol. The minimum absolute atomic E-state index is 0.156. The van der Waals surface area contributed by atoms with Gasteiger partial charge in [0.25, 0.3) is 5.91 Å². The lowest BCUT2D eigenvalue weighted by Gasteiger charge is -2.14. The van der Waals surface area contributed by atoms with Gasteiger partial charge in [-0.2, -0.15) is 0 Å². The number of oxazole rings is 1. The van der Waals surface area contributed by atoms with Crippen molar-refractivity contribution in [3.05, 3.63) is 87.9 Å². The quantitative estimate of drug-likeness (QED) is 0.227. The van der Waals surface area contributed by atoms with Crippen LogP contribution in [0.15, 0.2) is 75.6 Å². The third-order valence-electron chi connectivity index (χ3n) is 6.02. The first-order valence-corrected chi connectivity index (χ1v) is 12.4. The van der Waals surface area contributed by atoms with Gasteiger partial charge < -0.3 is 14.5 Å². The van der Waals surface area contributed by atoms with Gasteiger partial charge in [-0.3, -0.25) is 10.1 Å². The number of hydrogen-bond acceptors (Lipinski definition) is 5. The molecule has 8 heteroatoms. The number of rotatable bonds is 4. The van der Waals surface area contributed by atoms with Gasteiger partial charge in [-0.25, -0.2) is 4.98 Å². The number of aryl methyl sites for hydroxylation is 2. The number of ether oxygens (including phenoxy) is 1. The summed E-state index contributed by atoms with van der Waals surface area (Å²) in [6.07, 6.45) is 0. The summed E-state index contributed by atoms with van der Waals surface area (Å²) in [7, 11) is 1.53. The predicted molar refractivity (Wildman–Crippen MR) is 151 cm³/mol. The van der Waals surface area contributed by atoms with Crippen LogP contribution in [0.1, 0.15) is 21.5 Å². The Hall–Kier alpha value is -3.75. The van der Waals surface area contributed by atoms with Gasteiger partial charge in [0.15, 0.2) is 10.7 Å². The minimum Gasteiger partial charge on any atom is -0.495 e. The standard InChI is InChI=1S/C28H22BrN3O3S/c1-15-8-9-18(12-16(15)2)27-31-22-14-19(10-11-23(22)35-27)30-28(36)32-26(33)21-13-17-6-4-5-7-20(17)24(29)25(21)34-3/h4-14H,1-3H3,(H2,30,32,33,36). The molecule has 0 bridgehead atoms. The molecule has 4 aromatic carbocycles. The number of carbonyl (C=O) groups is 1. The van der Waals surface area contributed by atoms with E-state index >= 15 is 0 Å². The lowest BCUT2D eigenvalue weighted by molar-refractivity contribution is 0.0975. The maximum absolute atomic E-state index is 13.1. The number of aromatic nitrogens is 1. The van der Waals surface area contributed by atoms with Crippen LogP contribution in [-0.4, -0.2) is 23.1 Å². The van der Waals surface area contributed by atoms with E-state index in [1.165, 1.54) is 18.2 Å². The predicted octanol–water partition coefficient (Wildman–Crippen LogP) is 7.16. The Morgan fingerprint density at radius 3 is 2.61 bits per heavy atom. The molecule has 1 aromatic heterocycles. The third kappa shape index (κ3) is 4.57. The van der Waals surface area contributed by atoms with Crippen molar-refractivity contribution in [2.24, 2.45) is 0 Å². The van der Waals surface area contributed by atoms with Crippen LogP contribution in [0, 0.1) is 13.8 Å². The maximum Gasteiger partial charge on any atom is 0.261 e. The molecule has 180 valence electrons. The topological polar surface area (TPSA) is 76.4 Å². The first kappa shape index (κ1) is 24.0. The number of thiocarbonyl (C=S) groups is 1. The Kier molecular flexibility index (Phi) is 6.47. The molecular formula is C28H22BrN3O3S. The summed E-state index contributed by atoms with van der Waals surface area (Å²) in [5.41, 5.74) is 5.70. The molecule has 6 nitrogen and oxygen atoms in total. The fraction of sp³-hybridized carbons (Fsp3) is 0.107. The van der Waals surface area contributed by atoms with Crippen molar-refractivity contribution < 1.29 is 13.9 Å². The van der Waals surface area contributed by atoms with Crippen molar-refractivity contribution in [3.8, 4) is 17.2 Å². The molecule has 0 aliphatic carbocycles. The highest BCUT2D eigenvalue weighted by Crippen LogP contribution is 2.36. The summed E-state index contributed by atoms with van der Waals surface area (Å²) in [5, 5.41) is 7.81. The summed E-state index contributed by atoms with van der Waals surface area (Å²) in [6, 6.07) is 21.1. The molecule has 5 rings (SSSR count). The zero-order valence-electron chi connectivity index (χ0n) is 19.8. The molecule has 1 heterocycles. The number of amides is 1. The van der Waals surface area contributed by atoms with Gasteiger partial charge in [-0.15, -0.1) is 0 Å². The number of methoxy groups -OCH3 is 1. The van der Waals surface area contributed by atoms with E-state index in [4.69, 9.17) is 21.4 Å². The van der Waals surface area contributed by atoms with Crippen LogP contribution in [0.5, 0.6) is 5.75 Å². The number of fused-ring (bicyclic) bond motifs is 2. The number of nitrogens with one attached hydrogen (secondary N) is 2. The maximum atomic E-state index is 13.1. The fourth-order valence-electron chi connectivity index (χ4n) is 3.99. The van der Waals surface area contributed by atoms with Crippen LogP contribution in [0.25, 0.3) is 33.3 Å². The normalized spacial score (nSPS) is 11.0. The lowest BCUT2D eigenvalue weighted by atomic mass is 10.1. The summed E-state index contributed by atoms with van der Waals surface area (Å²) in [6.45, 7) is 4.13. The van der Waals surface area contributed by atoms with Crippen molar-refractivity contribution in [1.82, 2.24) is 10.3 Å². The summed E-state index contributed by atoms with van der Waals surface area (Å²) in [5.74, 6) is 0.613. The molecule has 0 aliphatic heterocycles. The second-order valence-electron chi connectivity index (χ2n) is 8.40. The van der Waals surface area contributed by atoms with Gasteiger partial charge >= 0.3 is 0 Å². The van der Waals surface area contributed by atoms with Gasteiger partial charge in [0, 0.05) is 11.3 Å². The van der Waals surface area contributed by atoms with Crippen molar-refractivity contribution in [2.45, 2.75) is 13.8 Å². The number of halogens is 1. The number of nitrogens with zero attached hydrogens (tertiary/aromatic N) is 1. The molecule has 2 N–H and O–H groups in total. The highest BCUT2D eigenvalue weighted by Gasteiger charge is 2.19. The van der Waals surface area contributed by atoms with Gasteiger partial charge in [0.1, 0.15) is 11.3 Å². The van der Waals surface area contributed by atoms with E-state index in [2.05, 4.69) is 57.5 Å². The Morgan fingerprint density at radius 2 is 1.83 bits per heavy atom. The number of anilines is 1. The zero-order valence-corrected chi connectivity index (χ0v) is 22.2. The molecular weight excluding hydrogens is 538 g/mol. The summed E-state index contributed by atoms with van der Waals surface area (Å²) >= 11 is 8.97. The van der Waals surface area contributed by atoms with E-state index in [0.29, 0.717) is 38.5 Å². The first-order chi connectivity index (χ1) is 17.3. The molecule has 0 aliphatic rings. The Bertz CT molecular complexity index is 1660. The van der Waals surface area contributed by atoms with Crippen molar-refractivity contribution in [1.29, 1.82) is 0 Å². The smallest absolute Gasteiger partial charge is 0.261 e. The van der Waals surface area contributed by atoms with Crippen LogP contribution in [0.2, 0.25) is 0 Å². The van der Waals surface area contributed by atoms with Crippen molar-refractivity contribution in [3.63, 3.8) is 0 Å². The van der Waals surface area contributed by atoms with E-state index < -0.39 is 0 Å². The van der Waals surface area contributed by atoms with Crippen LogP contribution >= 0.6 is 28.1 Å². The number of carbonyl (C=O) groups excluding carboxylic acids is 1. The average Bonchev–Trinajstić information content (AvgIpc) is 3.29. The van der Waals surface area contributed by atoms with Gasteiger partial charge in [0.05, 0.1) is 17.1 Å². The zero-order chi connectivity index (χ0) is 25.4. The van der Waals surface area contributed by atoms with Gasteiger partial charge in [-0.05, 0) is 100 Å². The second-order valence-corrected chi connectivity index (χ2v) is 9.60.